The minimum atomic E-state index is 0.555. The van der Waals surface area contributed by atoms with Gasteiger partial charge in [0.1, 0.15) is 0 Å². The van der Waals surface area contributed by atoms with Gasteiger partial charge in [0.25, 0.3) is 0 Å². The number of nitrogens with one attached hydrogen (secondary N) is 1. The molecule has 3 fully saturated rings. The first-order chi connectivity index (χ1) is 7.59. The third kappa shape index (κ3) is 1.88. The Labute approximate surface area is 98.1 Å². The minimum Gasteiger partial charge on any atom is -0.317 e. The van der Waals surface area contributed by atoms with Crippen molar-refractivity contribution in [2.75, 3.05) is 45.8 Å². The van der Waals surface area contributed by atoms with Crippen LogP contribution in [0.1, 0.15) is 19.8 Å². The molecule has 0 unspecified atom stereocenters. The molecule has 0 aliphatic carbocycles. The SMILES string of the molecule is CC1(CN2CC3(CN(N)C3)C2)CCNCC1. The van der Waals surface area contributed by atoms with Gasteiger partial charge in [-0.1, -0.05) is 6.92 Å². The van der Waals surface area contributed by atoms with Crippen molar-refractivity contribution >= 4 is 0 Å². The fourth-order valence-corrected chi connectivity index (χ4v) is 3.76. The maximum absolute atomic E-state index is 5.73. The summed E-state index contributed by atoms with van der Waals surface area (Å²) in [7, 11) is 0. The molecule has 0 atom stereocenters. The molecule has 0 aromatic rings. The molecule has 1 spiro atoms. The number of nitrogens with two attached hydrogens (primary N) is 1. The largest absolute Gasteiger partial charge is 0.317 e. The van der Waals surface area contributed by atoms with Gasteiger partial charge in [0.2, 0.25) is 0 Å². The summed E-state index contributed by atoms with van der Waals surface area (Å²) < 4.78 is 0. The molecule has 3 saturated heterocycles. The molecule has 92 valence electrons. The molecule has 3 aliphatic rings. The van der Waals surface area contributed by atoms with Crippen LogP contribution in [0.4, 0.5) is 0 Å². The van der Waals surface area contributed by atoms with Gasteiger partial charge in [0, 0.05) is 38.1 Å². The van der Waals surface area contributed by atoms with Crippen LogP contribution in [0.15, 0.2) is 0 Å². The van der Waals surface area contributed by atoms with Gasteiger partial charge in [0.15, 0.2) is 0 Å². The fourth-order valence-electron chi connectivity index (χ4n) is 3.76. The van der Waals surface area contributed by atoms with E-state index >= 15 is 0 Å². The number of hydrogen-bond acceptors (Lipinski definition) is 4. The van der Waals surface area contributed by atoms with Crippen LogP contribution in [0.2, 0.25) is 0 Å². The zero-order chi connectivity index (χ0) is 11.2. The Kier molecular flexibility index (Phi) is 2.51. The second-order valence-electron chi connectivity index (χ2n) is 6.61. The molecule has 3 rings (SSSR count). The maximum Gasteiger partial charge on any atom is 0.0240 e. The summed E-state index contributed by atoms with van der Waals surface area (Å²) in [6, 6.07) is 0. The van der Waals surface area contributed by atoms with Crippen molar-refractivity contribution in [2.24, 2.45) is 16.7 Å². The average molecular weight is 224 g/mol. The second kappa shape index (κ2) is 3.67. The minimum absolute atomic E-state index is 0.555. The van der Waals surface area contributed by atoms with E-state index in [0.717, 1.165) is 13.1 Å². The second-order valence-corrected chi connectivity index (χ2v) is 6.61. The van der Waals surface area contributed by atoms with Gasteiger partial charge in [-0.25, -0.2) is 5.01 Å². The summed E-state index contributed by atoms with van der Waals surface area (Å²) in [5, 5.41) is 5.40. The zero-order valence-corrected chi connectivity index (χ0v) is 10.3. The number of hydrazine groups is 1. The van der Waals surface area contributed by atoms with Crippen molar-refractivity contribution in [3.05, 3.63) is 0 Å². The monoisotopic (exact) mass is 224 g/mol. The quantitative estimate of drug-likeness (QED) is 0.641. The molecule has 4 nitrogen and oxygen atoms in total. The van der Waals surface area contributed by atoms with Crippen LogP contribution < -0.4 is 11.2 Å². The molecular weight excluding hydrogens is 200 g/mol. The Morgan fingerprint density at radius 2 is 1.75 bits per heavy atom. The standard InChI is InChI=1S/C12H24N4/c1-11(2-4-14-5-3-11)6-15-7-12(8-15)9-16(13)10-12/h14H,2-10,13H2,1H3. The van der Waals surface area contributed by atoms with Gasteiger partial charge >= 0.3 is 0 Å². The van der Waals surface area contributed by atoms with Gasteiger partial charge in [-0.15, -0.1) is 0 Å². The van der Waals surface area contributed by atoms with Gasteiger partial charge in [0.05, 0.1) is 0 Å². The molecule has 0 aromatic carbocycles. The highest BCUT2D eigenvalue weighted by atomic mass is 15.5. The maximum atomic E-state index is 5.73. The summed E-state index contributed by atoms with van der Waals surface area (Å²) in [5.41, 5.74) is 1.14. The lowest BCUT2D eigenvalue weighted by atomic mass is 9.71. The van der Waals surface area contributed by atoms with Crippen LogP contribution in [0, 0.1) is 10.8 Å². The number of piperidine rings is 1. The number of rotatable bonds is 2. The molecule has 16 heavy (non-hydrogen) atoms. The van der Waals surface area contributed by atoms with E-state index in [0.29, 0.717) is 10.8 Å². The zero-order valence-electron chi connectivity index (χ0n) is 10.3. The van der Waals surface area contributed by atoms with E-state index in [-0.39, 0.29) is 0 Å². The smallest absolute Gasteiger partial charge is 0.0240 e. The Morgan fingerprint density at radius 1 is 1.12 bits per heavy atom. The molecular formula is C12H24N4. The highest BCUT2D eigenvalue weighted by Crippen LogP contribution is 2.40. The first-order valence-corrected chi connectivity index (χ1v) is 6.52. The Bertz CT molecular complexity index is 258. The lowest BCUT2D eigenvalue weighted by Crippen LogP contribution is -2.74. The highest BCUT2D eigenvalue weighted by molar-refractivity contribution is 5.05. The Hall–Kier alpha value is -0.160. The summed E-state index contributed by atoms with van der Waals surface area (Å²) >= 11 is 0. The predicted octanol–water partition coefficient (Wildman–Crippen LogP) is -0.133. The Morgan fingerprint density at radius 3 is 2.31 bits per heavy atom. The van der Waals surface area contributed by atoms with Crippen LogP contribution in [-0.4, -0.2) is 55.7 Å². The van der Waals surface area contributed by atoms with Crippen molar-refractivity contribution < 1.29 is 0 Å². The Balaban J connectivity index is 1.47. The fraction of sp³-hybridized carbons (Fsp3) is 1.00. The van der Waals surface area contributed by atoms with E-state index in [9.17, 15) is 0 Å². The molecule has 0 saturated carbocycles. The van der Waals surface area contributed by atoms with Crippen molar-refractivity contribution in [2.45, 2.75) is 19.8 Å². The summed E-state index contributed by atoms with van der Waals surface area (Å²) in [5.74, 6) is 5.73. The normalized spacial score (nSPS) is 33.4. The predicted molar refractivity (Wildman–Crippen MR) is 64.8 cm³/mol. The average Bonchev–Trinajstić information content (AvgIpc) is 2.13. The van der Waals surface area contributed by atoms with Crippen molar-refractivity contribution in [1.82, 2.24) is 15.2 Å². The van der Waals surface area contributed by atoms with Crippen LogP contribution in [0.5, 0.6) is 0 Å². The van der Waals surface area contributed by atoms with Crippen molar-refractivity contribution in [1.29, 1.82) is 0 Å². The lowest BCUT2D eigenvalue weighted by Gasteiger charge is -2.60. The molecule has 4 heteroatoms. The van der Waals surface area contributed by atoms with E-state index < -0.39 is 0 Å². The highest BCUT2D eigenvalue weighted by Gasteiger charge is 2.51. The topological polar surface area (TPSA) is 44.5 Å². The number of nitrogens with zero attached hydrogens (tertiary/aromatic N) is 2. The van der Waals surface area contributed by atoms with Gasteiger partial charge in [-0.05, 0) is 31.3 Å². The van der Waals surface area contributed by atoms with E-state index in [1.54, 1.807) is 0 Å². The lowest BCUT2D eigenvalue weighted by molar-refractivity contribution is -0.127. The van der Waals surface area contributed by atoms with Gasteiger partial charge in [-0.3, -0.25) is 5.84 Å². The van der Waals surface area contributed by atoms with E-state index in [1.165, 1.54) is 45.6 Å². The number of hydrogen-bond donors (Lipinski definition) is 2. The first kappa shape index (κ1) is 11.0. The van der Waals surface area contributed by atoms with Crippen LogP contribution in [0.25, 0.3) is 0 Å². The van der Waals surface area contributed by atoms with Crippen LogP contribution in [0.3, 0.4) is 0 Å². The van der Waals surface area contributed by atoms with Crippen molar-refractivity contribution in [3.8, 4) is 0 Å². The van der Waals surface area contributed by atoms with Crippen molar-refractivity contribution in [3.63, 3.8) is 0 Å². The number of likely N-dealkylation sites (tertiary alicyclic amines) is 1. The summed E-state index contributed by atoms with van der Waals surface area (Å²) in [6.07, 6.45) is 2.67. The summed E-state index contributed by atoms with van der Waals surface area (Å²) in [6.45, 7) is 10.9. The first-order valence-electron chi connectivity index (χ1n) is 6.52. The van der Waals surface area contributed by atoms with Gasteiger partial charge < -0.3 is 10.2 Å². The molecule has 3 N–H and O–H groups in total. The van der Waals surface area contributed by atoms with Gasteiger partial charge in [-0.2, -0.15) is 0 Å². The third-order valence-corrected chi connectivity index (χ3v) is 4.61. The van der Waals surface area contributed by atoms with E-state index in [1.807, 2.05) is 5.01 Å². The molecule has 0 amide bonds. The molecule has 0 radical (unpaired) electrons. The van der Waals surface area contributed by atoms with Crippen LogP contribution in [-0.2, 0) is 0 Å². The van der Waals surface area contributed by atoms with Crippen LogP contribution >= 0.6 is 0 Å². The molecule has 3 aliphatic heterocycles. The third-order valence-electron chi connectivity index (χ3n) is 4.61. The molecule has 3 heterocycles. The van der Waals surface area contributed by atoms with E-state index in [2.05, 4.69) is 17.1 Å². The van der Waals surface area contributed by atoms with E-state index in [4.69, 9.17) is 5.84 Å². The summed E-state index contributed by atoms with van der Waals surface area (Å²) in [4.78, 5) is 2.64. The molecule has 0 aromatic heterocycles. The molecule has 0 bridgehead atoms.